The Bertz CT molecular complexity index is 621. The summed E-state index contributed by atoms with van der Waals surface area (Å²) < 4.78 is 11.2. The van der Waals surface area contributed by atoms with Gasteiger partial charge in [0, 0.05) is 17.1 Å². The van der Waals surface area contributed by atoms with Gasteiger partial charge in [-0.25, -0.2) is 9.78 Å². The van der Waals surface area contributed by atoms with Gasteiger partial charge in [0.2, 0.25) is 11.7 Å². The Labute approximate surface area is 118 Å². The summed E-state index contributed by atoms with van der Waals surface area (Å²) in [4.78, 5) is 15.2. The van der Waals surface area contributed by atoms with Gasteiger partial charge >= 0.3 is 5.97 Å². The van der Waals surface area contributed by atoms with E-state index in [-0.39, 0.29) is 24.0 Å². The van der Waals surface area contributed by atoms with Crippen LogP contribution >= 0.6 is 15.9 Å². The van der Waals surface area contributed by atoms with E-state index in [4.69, 9.17) is 14.3 Å². The van der Waals surface area contributed by atoms with E-state index in [0.717, 1.165) is 15.6 Å². The summed E-state index contributed by atoms with van der Waals surface area (Å²) in [6, 6.07) is 5.55. The molecule has 5 nitrogen and oxygen atoms in total. The Kier molecular flexibility index (Phi) is 4.01. The number of ether oxygens (including phenoxy) is 1. The number of carboxylic acids is 1. The van der Waals surface area contributed by atoms with Crippen LogP contribution in [0.4, 0.5) is 0 Å². The normalized spacial score (nSPS) is 10.7. The fourth-order valence-electron chi connectivity index (χ4n) is 1.65. The lowest BCUT2D eigenvalue weighted by atomic mass is 10.1. The van der Waals surface area contributed by atoms with Gasteiger partial charge in [-0.3, -0.25) is 0 Å². The highest BCUT2D eigenvalue weighted by Crippen LogP contribution is 2.26. The van der Waals surface area contributed by atoms with Gasteiger partial charge in [-0.05, 0) is 30.7 Å². The molecule has 1 N–H and O–H groups in total. The average Bonchev–Trinajstić information content (AvgIpc) is 2.77. The quantitative estimate of drug-likeness (QED) is 0.934. The zero-order valence-electron chi connectivity index (χ0n) is 10.4. The fourth-order valence-corrected chi connectivity index (χ4v) is 1.90. The molecule has 2 aromatic rings. The van der Waals surface area contributed by atoms with Gasteiger partial charge in [0.25, 0.3) is 0 Å². The molecule has 19 heavy (non-hydrogen) atoms. The number of methoxy groups -OCH3 is 1. The zero-order chi connectivity index (χ0) is 14.0. The van der Waals surface area contributed by atoms with Crippen molar-refractivity contribution in [2.24, 2.45) is 0 Å². The second kappa shape index (κ2) is 5.54. The van der Waals surface area contributed by atoms with Crippen LogP contribution < -0.4 is 0 Å². The molecule has 0 aliphatic rings. The van der Waals surface area contributed by atoms with Gasteiger partial charge in [-0.15, -0.1) is 0 Å². The fraction of sp³-hybridized carbons (Fsp3) is 0.231. The largest absolute Gasteiger partial charge is 0.475 e. The van der Waals surface area contributed by atoms with Crippen LogP contribution in [0.1, 0.15) is 21.8 Å². The van der Waals surface area contributed by atoms with Crippen LogP contribution in [-0.4, -0.2) is 23.2 Å². The topological polar surface area (TPSA) is 72.6 Å². The lowest BCUT2D eigenvalue weighted by Crippen LogP contribution is -2.00. The maximum atomic E-state index is 11.1. The Morgan fingerprint density at radius 1 is 1.53 bits per heavy atom. The summed E-state index contributed by atoms with van der Waals surface area (Å²) in [5, 5.41) is 9.05. The van der Waals surface area contributed by atoms with Crippen molar-refractivity contribution in [3.8, 4) is 11.5 Å². The van der Waals surface area contributed by atoms with Crippen LogP contribution in [0.3, 0.4) is 0 Å². The second-order valence-electron chi connectivity index (χ2n) is 4.00. The van der Waals surface area contributed by atoms with Crippen LogP contribution in [0, 0.1) is 6.92 Å². The number of nitrogens with zero attached hydrogens (tertiary/aromatic N) is 1. The van der Waals surface area contributed by atoms with E-state index in [1.807, 2.05) is 25.1 Å². The predicted molar refractivity (Wildman–Crippen MR) is 72.0 cm³/mol. The van der Waals surface area contributed by atoms with Crippen molar-refractivity contribution in [2.75, 3.05) is 7.11 Å². The van der Waals surface area contributed by atoms with Gasteiger partial charge in [-0.2, -0.15) is 0 Å². The van der Waals surface area contributed by atoms with Gasteiger partial charge < -0.3 is 14.3 Å². The third kappa shape index (κ3) is 2.85. The van der Waals surface area contributed by atoms with E-state index < -0.39 is 5.97 Å². The number of hydrogen-bond acceptors (Lipinski definition) is 4. The molecular weight excluding hydrogens is 314 g/mol. The van der Waals surface area contributed by atoms with Crippen LogP contribution in [0.15, 0.2) is 27.1 Å². The number of aromatic carboxylic acids is 1. The number of carboxylic acid groups (broad SMARTS) is 1. The monoisotopic (exact) mass is 325 g/mol. The molecule has 0 saturated carbocycles. The van der Waals surface area contributed by atoms with Crippen molar-refractivity contribution < 1.29 is 19.1 Å². The third-order valence-electron chi connectivity index (χ3n) is 2.58. The summed E-state index contributed by atoms with van der Waals surface area (Å²) in [5.74, 6) is -1.06. The number of hydrogen-bond donors (Lipinski definition) is 1. The van der Waals surface area contributed by atoms with Crippen molar-refractivity contribution in [3.63, 3.8) is 0 Å². The van der Waals surface area contributed by atoms with E-state index in [0.29, 0.717) is 0 Å². The van der Waals surface area contributed by atoms with Crippen LogP contribution in [0.2, 0.25) is 0 Å². The SMILES string of the molecule is COCc1nc(-c2ccc(Br)c(C)c2)oc1C(=O)O. The molecule has 0 radical (unpaired) electrons. The maximum absolute atomic E-state index is 11.1. The summed E-state index contributed by atoms with van der Waals surface area (Å²) >= 11 is 3.40. The molecular formula is C13H12BrNO4. The van der Waals surface area contributed by atoms with Crippen LogP contribution in [0.5, 0.6) is 0 Å². The Morgan fingerprint density at radius 2 is 2.26 bits per heavy atom. The van der Waals surface area contributed by atoms with E-state index in [9.17, 15) is 4.79 Å². The van der Waals surface area contributed by atoms with Gasteiger partial charge in [0.1, 0.15) is 5.69 Å². The number of benzene rings is 1. The van der Waals surface area contributed by atoms with Crippen molar-refractivity contribution in [2.45, 2.75) is 13.5 Å². The van der Waals surface area contributed by atoms with Gasteiger partial charge in [0.15, 0.2) is 0 Å². The Hall–Kier alpha value is -1.66. The lowest BCUT2D eigenvalue weighted by molar-refractivity contribution is 0.0656. The molecule has 0 atom stereocenters. The second-order valence-corrected chi connectivity index (χ2v) is 4.85. The van der Waals surface area contributed by atoms with Crippen molar-refractivity contribution >= 4 is 21.9 Å². The Morgan fingerprint density at radius 3 is 2.84 bits per heavy atom. The lowest BCUT2D eigenvalue weighted by Gasteiger charge is -2.00. The van der Waals surface area contributed by atoms with E-state index >= 15 is 0 Å². The molecule has 0 spiro atoms. The van der Waals surface area contributed by atoms with E-state index in [1.165, 1.54) is 7.11 Å². The number of aromatic nitrogens is 1. The molecule has 0 saturated heterocycles. The maximum Gasteiger partial charge on any atom is 0.373 e. The van der Waals surface area contributed by atoms with Crippen molar-refractivity contribution in [3.05, 3.63) is 39.7 Å². The summed E-state index contributed by atoms with van der Waals surface area (Å²) in [6.07, 6.45) is 0. The van der Waals surface area contributed by atoms with Crippen molar-refractivity contribution in [1.29, 1.82) is 0 Å². The van der Waals surface area contributed by atoms with Gasteiger partial charge in [0.05, 0.1) is 6.61 Å². The summed E-state index contributed by atoms with van der Waals surface area (Å²) in [5.41, 5.74) is 2.02. The first kappa shape index (κ1) is 13.8. The first-order valence-corrected chi connectivity index (χ1v) is 6.30. The Balaban J connectivity index is 2.47. The molecule has 2 rings (SSSR count). The minimum atomic E-state index is -1.15. The highest BCUT2D eigenvalue weighted by molar-refractivity contribution is 9.10. The molecule has 0 bridgehead atoms. The molecule has 0 aliphatic heterocycles. The van der Waals surface area contributed by atoms with Gasteiger partial charge in [-0.1, -0.05) is 15.9 Å². The number of rotatable bonds is 4. The van der Waals surface area contributed by atoms with E-state index in [2.05, 4.69) is 20.9 Å². The summed E-state index contributed by atoms with van der Waals surface area (Å²) in [6.45, 7) is 2.03. The molecule has 6 heteroatoms. The van der Waals surface area contributed by atoms with Crippen LogP contribution in [0.25, 0.3) is 11.5 Å². The smallest absolute Gasteiger partial charge is 0.373 e. The standard InChI is InChI=1S/C13H12BrNO4/c1-7-5-8(3-4-9(7)14)12-15-10(6-18-2)11(19-12)13(16)17/h3-5H,6H2,1-2H3,(H,16,17). The molecule has 100 valence electrons. The predicted octanol–water partition coefficient (Wildman–Crippen LogP) is 3.26. The molecule has 0 unspecified atom stereocenters. The highest BCUT2D eigenvalue weighted by Gasteiger charge is 2.20. The highest BCUT2D eigenvalue weighted by atomic mass is 79.9. The molecule has 0 fully saturated rings. The van der Waals surface area contributed by atoms with Crippen LogP contribution in [-0.2, 0) is 11.3 Å². The molecule has 1 aromatic carbocycles. The van der Waals surface area contributed by atoms with E-state index in [1.54, 1.807) is 0 Å². The zero-order valence-corrected chi connectivity index (χ0v) is 12.0. The minimum absolute atomic E-state index is 0.0979. The first-order valence-electron chi connectivity index (χ1n) is 5.51. The molecule has 0 aliphatic carbocycles. The van der Waals surface area contributed by atoms with Crippen molar-refractivity contribution in [1.82, 2.24) is 4.98 Å². The number of halogens is 1. The first-order chi connectivity index (χ1) is 9.02. The molecule has 0 amide bonds. The average molecular weight is 326 g/mol. The number of aryl methyl sites for hydroxylation is 1. The molecule has 1 heterocycles. The number of carbonyl (C=O) groups is 1. The molecule has 1 aromatic heterocycles. The minimum Gasteiger partial charge on any atom is -0.475 e. The number of oxazole rings is 1. The summed E-state index contributed by atoms with van der Waals surface area (Å²) in [7, 11) is 1.48. The third-order valence-corrected chi connectivity index (χ3v) is 3.47.